The summed E-state index contributed by atoms with van der Waals surface area (Å²) in [6.45, 7) is 0. The SMILES string of the molecule is O=C([OH2+])C(=O)[OH2+].O=C([OH2+])C(=O)[OH2+].[NH-]c1ccc(Cl)cc1.[NH-]c1ccc(Cl)cc1.[Ru+5]. The first-order chi connectivity index (χ1) is 12.9. The fourth-order valence-electron chi connectivity index (χ4n) is 0.900. The number of nitrogens with one attached hydrogen (secondary N) is 2. The average Bonchev–Trinajstić information content (AvgIpc) is 2.61. The minimum atomic E-state index is -1.46. The average molecular weight is 538 g/mol. The van der Waals surface area contributed by atoms with Crippen molar-refractivity contribution in [1.82, 2.24) is 0 Å². The van der Waals surface area contributed by atoms with Crippen LogP contribution in [-0.4, -0.2) is 44.3 Å². The molecule has 2 aromatic carbocycles. The molecule has 13 heteroatoms. The molecule has 29 heavy (non-hydrogen) atoms. The maximum Gasteiger partial charge on any atom is 5.00 e. The molecule has 2 rings (SSSR count). The molecular weight excluding hydrogens is 520 g/mol. The van der Waals surface area contributed by atoms with E-state index in [0.29, 0.717) is 21.4 Å². The van der Waals surface area contributed by atoms with Crippen LogP contribution in [-0.2, 0) is 38.7 Å². The quantitative estimate of drug-likeness (QED) is 0.273. The molecule has 0 amide bonds. The van der Waals surface area contributed by atoms with Gasteiger partial charge in [-0.15, -0.1) is 11.4 Å². The summed E-state index contributed by atoms with van der Waals surface area (Å²) in [6.07, 6.45) is 0. The van der Waals surface area contributed by atoms with Gasteiger partial charge in [0, 0.05) is 10.0 Å². The van der Waals surface area contributed by atoms with Crippen molar-refractivity contribution in [2.45, 2.75) is 0 Å². The van der Waals surface area contributed by atoms with E-state index < -0.39 is 23.9 Å². The minimum Gasteiger partial charge on any atom is -0.699 e. The van der Waals surface area contributed by atoms with Gasteiger partial charge >= 0.3 is 43.4 Å². The third kappa shape index (κ3) is 21.3. The Morgan fingerprint density at radius 3 is 0.828 bits per heavy atom. The molecule has 0 unspecified atom stereocenters. The second-order valence-corrected chi connectivity index (χ2v) is 5.20. The van der Waals surface area contributed by atoms with Crippen molar-refractivity contribution in [1.29, 1.82) is 0 Å². The molecule has 155 valence electrons. The van der Waals surface area contributed by atoms with E-state index in [9.17, 15) is 19.2 Å². The molecule has 0 aromatic heterocycles. The smallest absolute Gasteiger partial charge is 0.699 e. The summed E-state index contributed by atoms with van der Waals surface area (Å²) >= 11 is 11.1. The maximum absolute atomic E-state index is 9.27. The number of hydrogen-bond acceptors (Lipinski definition) is 4. The molecule has 0 aliphatic rings. The Morgan fingerprint density at radius 1 is 0.552 bits per heavy atom. The summed E-state index contributed by atoms with van der Waals surface area (Å²) < 4.78 is 0. The predicted octanol–water partition coefficient (Wildman–Crippen LogP) is 1.02. The predicted molar refractivity (Wildman–Crippen MR) is 105 cm³/mol. The van der Waals surface area contributed by atoms with Crippen LogP contribution < -0.4 is 0 Å². The Kier molecular flexibility index (Phi) is 18.3. The minimum absolute atomic E-state index is 0. The zero-order valence-corrected chi connectivity index (χ0v) is 17.6. The first kappa shape index (κ1) is 30.8. The molecule has 0 aliphatic heterocycles. The van der Waals surface area contributed by atoms with Crippen molar-refractivity contribution >= 4 is 58.5 Å². The van der Waals surface area contributed by atoms with E-state index in [1.165, 1.54) is 0 Å². The molecule has 2 aromatic rings. The van der Waals surface area contributed by atoms with Gasteiger partial charge < -0.3 is 31.9 Å². The van der Waals surface area contributed by atoms with E-state index in [1.807, 2.05) is 0 Å². The van der Waals surface area contributed by atoms with Gasteiger partial charge in [-0.3, -0.25) is 0 Å². The van der Waals surface area contributed by atoms with E-state index in [-0.39, 0.29) is 19.5 Å². The first-order valence-electron chi connectivity index (χ1n) is 6.84. The molecule has 0 fully saturated rings. The van der Waals surface area contributed by atoms with Crippen molar-refractivity contribution in [2.75, 3.05) is 0 Å². The molecule has 0 heterocycles. The third-order valence-corrected chi connectivity index (χ3v) is 2.60. The Bertz CT molecular complexity index is 653. The molecule has 0 spiro atoms. The van der Waals surface area contributed by atoms with Crippen LogP contribution in [0.3, 0.4) is 0 Å². The van der Waals surface area contributed by atoms with Crippen LogP contribution in [0.5, 0.6) is 0 Å². The van der Waals surface area contributed by atoms with Gasteiger partial charge in [0.25, 0.3) is 0 Å². The van der Waals surface area contributed by atoms with Gasteiger partial charge in [-0.05, 0) is 24.3 Å². The Labute approximate surface area is 187 Å². The normalized spacial score (nSPS) is 8.07. The zero-order chi connectivity index (χ0) is 22.3. The fraction of sp³-hybridized carbons (Fsp3) is 0. The Morgan fingerprint density at radius 2 is 0.724 bits per heavy atom. The van der Waals surface area contributed by atoms with Gasteiger partial charge in [-0.2, -0.15) is 0 Å². The zero-order valence-electron chi connectivity index (χ0n) is 14.4. The van der Waals surface area contributed by atoms with Crippen LogP contribution in [0.15, 0.2) is 48.5 Å². The van der Waals surface area contributed by atoms with Crippen molar-refractivity contribution in [3.8, 4) is 0 Å². The van der Waals surface area contributed by atoms with E-state index in [1.54, 1.807) is 48.5 Å². The maximum atomic E-state index is 9.27. The van der Waals surface area contributed by atoms with Crippen LogP contribution in [0.1, 0.15) is 0 Å². The summed E-state index contributed by atoms with van der Waals surface area (Å²) in [5.41, 5.74) is 15.1. The van der Waals surface area contributed by atoms with Crippen LogP contribution in [0.2, 0.25) is 10.0 Å². The van der Waals surface area contributed by atoms with Crippen molar-refractivity contribution in [3.05, 3.63) is 70.0 Å². The van der Waals surface area contributed by atoms with E-state index in [4.69, 9.17) is 55.1 Å². The van der Waals surface area contributed by atoms with Gasteiger partial charge in [0.15, 0.2) is 0 Å². The van der Waals surface area contributed by atoms with Crippen LogP contribution in [0, 0.1) is 0 Å². The monoisotopic (exact) mass is 538 g/mol. The van der Waals surface area contributed by atoms with Gasteiger partial charge in [-0.25, -0.2) is 0 Å². The van der Waals surface area contributed by atoms with Crippen molar-refractivity contribution in [3.63, 3.8) is 0 Å². The first-order valence-corrected chi connectivity index (χ1v) is 7.59. The molecule has 0 atom stereocenters. The van der Waals surface area contributed by atoms with Gasteiger partial charge in [0.2, 0.25) is 0 Å². The molecule has 0 saturated heterocycles. The Balaban J connectivity index is -0.000000311. The second kappa shape index (κ2) is 17.2. The van der Waals surface area contributed by atoms with E-state index >= 15 is 0 Å². The summed E-state index contributed by atoms with van der Waals surface area (Å²) in [5.74, 6) is -5.85. The molecule has 10 nitrogen and oxygen atoms in total. The topological polar surface area (TPSA) is 207 Å². The molecule has 10 N–H and O–H groups in total. The van der Waals surface area contributed by atoms with Gasteiger partial charge in [0.05, 0.1) is 19.2 Å². The molecule has 0 saturated carbocycles. The van der Waals surface area contributed by atoms with Crippen LogP contribution in [0.4, 0.5) is 11.4 Å². The summed E-state index contributed by atoms with van der Waals surface area (Å²) in [7, 11) is 0. The summed E-state index contributed by atoms with van der Waals surface area (Å²) in [5, 5.41) is 24.8. The third-order valence-electron chi connectivity index (χ3n) is 2.10. The largest absolute Gasteiger partial charge is 5.00 e. The second-order valence-electron chi connectivity index (χ2n) is 4.33. The number of carbonyl (C=O) groups is 4. The standard InChI is InChI=1S/2C6H5ClN.2C2H2O4.Ru/c2*7-5-1-3-6(8)4-2-5;2*3-1(4)2(5)6;/h2*1-4,8H;2*(H,3,4)(H,5,6);/q2*-1;;;+5/p+4. The van der Waals surface area contributed by atoms with Crippen LogP contribution >= 0.6 is 23.2 Å². The molecular formula is C16H18Cl2N2O8Ru+7. The van der Waals surface area contributed by atoms with Gasteiger partial charge in [0.1, 0.15) is 0 Å². The number of hydrogen-bond donors (Lipinski definition) is 0. The van der Waals surface area contributed by atoms with Crippen LogP contribution in [0.25, 0.3) is 11.5 Å². The molecule has 0 aliphatic carbocycles. The molecule has 1 radical (unpaired) electrons. The van der Waals surface area contributed by atoms with Gasteiger partial charge in [-0.1, -0.05) is 47.5 Å². The number of rotatable bonds is 0. The number of benzene rings is 2. The summed E-state index contributed by atoms with van der Waals surface area (Å²) in [6, 6.07) is 13.4. The van der Waals surface area contributed by atoms with Crippen molar-refractivity contribution < 1.29 is 59.1 Å². The summed E-state index contributed by atoms with van der Waals surface area (Å²) in [4.78, 5) is 37.1. The Hall–Kier alpha value is -2.88. The number of carbonyl (C=O) groups excluding carboxylic acids is 4. The number of halogens is 2. The van der Waals surface area contributed by atoms with E-state index in [0.717, 1.165) is 0 Å². The molecule has 0 bridgehead atoms. The fourth-order valence-corrected chi connectivity index (χ4v) is 1.15. The van der Waals surface area contributed by atoms with E-state index in [2.05, 4.69) is 0 Å². The van der Waals surface area contributed by atoms with Crippen molar-refractivity contribution in [2.24, 2.45) is 0 Å².